The van der Waals surface area contributed by atoms with Gasteiger partial charge >= 0.3 is 0 Å². The summed E-state index contributed by atoms with van der Waals surface area (Å²) in [5.74, 6) is 0.376. The highest BCUT2D eigenvalue weighted by Gasteiger charge is 2.34. The molecule has 1 aliphatic heterocycles. The molecular formula is C12H22BrNO2. The van der Waals surface area contributed by atoms with E-state index in [4.69, 9.17) is 4.74 Å². The standard InChI is InChI=1S/C12H22BrNO2/c1-3-7-14(8-6-13)12(15)10-5-9-16-11(10)4-2/h10-11H,3-9H2,1-2H3. The van der Waals surface area contributed by atoms with Crippen molar-refractivity contribution in [3.05, 3.63) is 0 Å². The molecule has 1 aliphatic rings. The molecule has 0 aromatic rings. The Morgan fingerprint density at radius 2 is 2.19 bits per heavy atom. The Morgan fingerprint density at radius 3 is 2.75 bits per heavy atom. The van der Waals surface area contributed by atoms with Gasteiger partial charge in [0.25, 0.3) is 0 Å². The van der Waals surface area contributed by atoms with E-state index in [9.17, 15) is 4.79 Å². The summed E-state index contributed by atoms with van der Waals surface area (Å²) in [6.07, 6.45) is 2.98. The number of carbonyl (C=O) groups is 1. The third-order valence-corrected chi connectivity index (χ3v) is 3.44. The lowest BCUT2D eigenvalue weighted by atomic mass is 9.98. The molecule has 2 atom stereocenters. The van der Waals surface area contributed by atoms with Crippen LogP contribution in [-0.4, -0.2) is 41.9 Å². The Bertz CT molecular complexity index is 217. The third kappa shape index (κ3) is 3.45. The first kappa shape index (κ1) is 14.0. The molecule has 0 spiro atoms. The Morgan fingerprint density at radius 1 is 1.44 bits per heavy atom. The van der Waals surface area contributed by atoms with Gasteiger partial charge in [-0.3, -0.25) is 4.79 Å². The van der Waals surface area contributed by atoms with Crippen molar-refractivity contribution < 1.29 is 9.53 Å². The van der Waals surface area contributed by atoms with Crippen LogP contribution in [0, 0.1) is 5.92 Å². The summed E-state index contributed by atoms with van der Waals surface area (Å²) in [4.78, 5) is 14.3. The molecule has 16 heavy (non-hydrogen) atoms. The summed E-state index contributed by atoms with van der Waals surface area (Å²) in [5, 5.41) is 0.850. The number of halogens is 1. The first-order chi connectivity index (χ1) is 7.74. The molecule has 0 radical (unpaired) electrons. The fourth-order valence-corrected chi connectivity index (χ4v) is 2.70. The number of nitrogens with zero attached hydrogens (tertiary/aromatic N) is 1. The zero-order valence-corrected chi connectivity index (χ0v) is 11.8. The molecule has 1 heterocycles. The van der Waals surface area contributed by atoms with Crippen molar-refractivity contribution in [2.24, 2.45) is 5.92 Å². The van der Waals surface area contributed by atoms with Gasteiger partial charge < -0.3 is 9.64 Å². The van der Waals surface area contributed by atoms with Gasteiger partial charge in [0.05, 0.1) is 12.0 Å². The molecule has 1 saturated heterocycles. The first-order valence-corrected chi connectivity index (χ1v) is 7.33. The van der Waals surface area contributed by atoms with E-state index in [1.165, 1.54) is 0 Å². The van der Waals surface area contributed by atoms with Gasteiger partial charge in [-0.2, -0.15) is 0 Å². The predicted octanol–water partition coefficient (Wildman–Crippen LogP) is 2.44. The molecule has 0 aromatic carbocycles. The highest BCUT2D eigenvalue weighted by molar-refractivity contribution is 9.09. The third-order valence-electron chi connectivity index (χ3n) is 3.09. The maximum atomic E-state index is 12.3. The largest absolute Gasteiger partial charge is 0.377 e. The second kappa shape index (κ2) is 7.28. The van der Waals surface area contributed by atoms with E-state index in [0.717, 1.165) is 44.3 Å². The van der Waals surface area contributed by atoms with Gasteiger partial charge in [0.2, 0.25) is 5.91 Å². The number of hydrogen-bond acceptors (Lipinski definition) is 2. The molecular weight excluding hydrogens is 270 g/mol. The van der Waals surface area contributed by atoms with Crippen molar-refractivity contribution in [3.63, 3.8) is 0 Å². The molecule has 94 valence electrons. The fraction of sp³-hybridized carbons (Fsp3) is 0.917. The van der Waals surface area contributed by atoms with Crippen LogP contribution in [0.1, 0.15) is 33.1 Å². The predicted molar refractivity (Wildman–Crippen MR) is 68.8 cm³/mol. The minimum Gasteiger partial charge on any atom is -0.377 e. The number of hydrogen-bond donors (Lipinski definition) is 0. The van der Waals surface area contributed by atoms with Crippen molar-refractivity contribution in [3.8, 4) is 0 Å². The number of amides is 1. The Labute approximate surface area is 107 Å². The van der Waals surface area contributed by atoms with Crippen molar-refractivity contribution in [2.75, 3.05) is 25.0 Å². The molecule has 0 aromatic heterocycles. The van der Waals surface area contributed by atoms with Gasteiger partial charge in [-0.25, -0.2) is 0 Å². The highest BCUT2D eigenvalue weighted by Crippen LogP contribution is 2.25. The van der Waals surface area contributed by atoms with Crippen LogP contribution in [-0.2, 0) is 9.53 Å². The lowest BCUT2D eigenvalue weighted by Crippen LogP contribution is -2.40. The number of rotatable bonds is 6. The van der Waals surface area contributed by atoms with Crippen LogP contribution >= 0.6 is 15.9 Å². The highest BCUT2D eigenvalue weighted by atomic mass is 79.9. The molecule has 2 unspecified atom stereocenters. The van der Waals surface area contributed by atoms with E-state index in [2.05, 4.69) is 29.8 Å². The first-order valence-electron chi connectivity index (χ1n) is 6.20. The van der Waals surface area contributed by atoms with Gasteiger partial charge in [0.15, 0.2) is 0 Å². The van der Waals surface area contributed by atoms with Crippen LogP contribution < -0.4 is 0 Å². The van der Waals surface area contributed by atoms with Crippen LogP contribution in [0.25, 0.3) is 0 Å². The summed E-state index contributed by atoms with van der Waals surface area (Å²) in [6, 6.07) is 0. The van der Waals surface area contributed by atoms with Crippen molar-refractivity contribution in [2.45, 2.75) is 39.2 Å². The molecule has 3 nitrogen and oxygen atoms in total. The molecule has 1 rings (SSSR count). The smallest absolute Gasteiger partial charge is 0.228 e. The Kier molecular flexibility index (Phi) is 6.36. The fourth-order valence-electron chi connectivity index (χ4n) is 2.27. The monoisotopic (exact) mass is 291 g/mol. The van der Waals surface area contributed by atoms with Gasteiger partial charge in [-0.05, 0) is 19.3 Å². The van der Waals surface area contributed by atoms with E-state index in [-0.39, 0.29) is 17.9 Å². The summed E-state index contributed by atoms with van der Waals surface area (Å²) >= 11 is 3.40. The minimum atomic E-state index is 0.0931. The van der Waals surface area contributed by atoms with Gasteiger partial charge in [-0.1, -0.05) is 29.8 Å². The Hall–Kier alpha value is -0.0900. The summed E-state index contributed by atoms with van der Waals surface area (Å²) in [6.45, 7) is 6.60. The van der Waals surface area contributed by atoms with E-state index >= 15 is 0 Å². The topological polar surface area (TPSA) is 29.5 Å². The van der Waals surface area contributed by atoms with Crippen LogP contribution in [0.3, 0.4) is 0 Å². The molecule has 0 aliphatic carbocycles. The van der Waals surface area contributed by atoms with E-state index in [1.807, 2.05) is 4.90 Å². The quantitative estimate of drug-likeness (QED) is 0.704. The average Bonchev–Trinajstić information content (AvgIpc) is 2.75. The number of alkyl halides is 1. The molecule has 0 bridgehead atoms. The zero-order valence-electron chi connectivity index (χ0n) is 10.2. The molecule has 1 amide bonds. The Balaban J connectivity index is 2.58. The number of ether oxygens (including phenoxy) is 1. The number of carbonyl (C=O) groups excluding carboxylic acids is 1. The second-order valence-corrected chi connectivity index (χ2v) is 5.02. The van der Waals surface area contributed by atoms with Crippen molar-refractivity contribution >= 4 is 21.8 Å². The second-order valence-electron chi connectivity index (χ2n) is 4.23. The lowest BCUT2D eigenvalue weighted by Gasteiger charge is -2.26. The van der Waals surface area contributed by atoms with Gasteiger partial charge in [0, 0.05) is 25.0 Å². The SMILES string of the molecule is CCCN(CCBr)C(=O)C1CCOC1CC. The zero-order chi connectivity index (χ0) is 12.0. The maximum absolute atomic E-state index is 12.3. The van der Waals surface area contributed by atoms with E-state index in [1.54, 1.807) is 0 Å². The van der Waals surface area contributed by atoms with Gasteiger partial charge in [0.1, 0.15) is 0 Å². The van der Waals surface area contributed by atoms with E-state index in [0.29, 0.717) is 0 Å². The molecule has 4 heteroatoms. The van der Waals surface area contributed by atoms with Gasteiger partial charge in [-0.15, -0.1) is 0 Å². The maximum Gasteiger partial charge on any atom is 0.228 e. The molecule has 0 N–H and O–H groups in total. The van der Waals surface area contributed by atoms with E-state index < -0.39 is 0 Å². The minimum absolute atomic E-state index is 0.0931. The lowest BCUT2D eigenvalue weighted by molar-refractivity contribution is -0.137. The van der Waals surface area contributed by atoms with Crippen molar-refractivity contribution in [1.82, 2.24) is 4.90 Å². The molecule has 0 saturated carbocycles. The van der Waals surface area contributed by atoms with Crippen LogP contribution in [0.15, 0.2) is 0 Å². The van der Waals surface area contributed by atoms with Crippen LogP contribution in [0.2, 0.25) is 0 Å². The normalized spacial score (nSPS) is 24.7. The summed E-state index contributed by atoms with van der Waals surface area (Å²) < 4.78 is 5.58. The average molecular weight is 292 g/mol. The van der Waals surface area contributed by atoms with Crippen LogP contribution in [0.4, 0.5) is 0 Å². The summed E-state index contributed by atoms with van der Waals surface area (Å²) in [5.41, 5.74) is 0. The van der Waals surface area contributed by atoms with Crippen LogP contribution in [0.5, 0.6) is 0 Å². The summed E-state index contributed by atoms with van der Waals surface area (Å²) in [7, 11) is 0. The van der Waals surface area contributed by atoms with Crippen molar-refractivity contribution in [1.29, 1.82) is 0 Å². The molecule has 1 fully saturated rings.